The molecular formula is C27H35N3O5. The number of nitrogens with zero attached hydrogens (tertiary/aromatic N) is 1. The van der Waals surface area contributed by atoms with Crippen LogP contribution in [0.4, 0.5) is 0 Å². The zero-order valence-electron chi connectivity index (χ0n) is 20.9. The molecule has 8 nitrogen and oxygen atoms in total. The first-order valence-electron chi connectivity index (χ1n) is 12.0. The predicted molar refractivity (Wildman–Crippen MR) is 134 cm³/mol. The van der Waals surface area contributed by atoms with Crippen LogP contribution in [0.5, 0.6) is 11.5 Å². The number of ether oxygens (including phenoxy) is 2. The molecule has 0 aliphatic carbocycles. The molecule has 0 aromatic heterocycles. The molecule has 35 heavy (non-hydrogen) atoms. The van der Waals surface area contributed by atoms with E-state index in [9.17, 15) is 14.4 Å². The summed E-state index contributed by atoms with van der Waals surface area (Å²) in [7, 11) is 3.11. The first kappa shape index (κ1) is 26.1. The molecule has 1 aliphatic heterocycles. The zero-order valence-corrected chi connectivity index (χ0v) is 20.9. The Kier molecular flexibility index (Phi) is 9.11. The molecule has 0 bridgehead atoms. The van der Waals surface area contributed by atoms with Crippen molar-refractivity contribution >= 4 is 17.7 Å². The number of rotatable bonds is 9. The first-order valence-corrected chi connectivity index (χ1v) is 12.0. The Hall–Kier alpha value is -3.55. The fraction of sp³-hybridized carbons (Fsp3) is 0.444. The van der Waals surface area contributed by atoms with Gasteiger partial charge in [0.2, 0.25) is 5.91 Å². The Morgan fingerprint density at radius 3 is 2.09 bits per heavy atom. The molecule has 2 aromatic rings. The molecule has 1 heterocycles. The molecule has 8 heteroatoms. The van der Waals surface area contributed by atoms with Crippen molar-refractivity contribution in [2.75, 3.05) is 33.9 Å². The number of piperidine rings is 1. The lowest BCUT2D eigenvalue weighted by Crippen LogP contribution is -2.54. The van der Waals surface area contributed by atoms with Gasteiger partial charge < -0.3 is 25.0 Å². The Morgan fingerprint density at radius 1 is 0.943 bits per heavy atom. The molecule has 1 fully saturated rings. The lowest BCUT2D eigenvalue weighted by molar-refractivity contribution is -0.124. The largest absolute Gasteiger partial charge is 0.497 e. The van der Waals surface area contributed by atoms with Gasteiger partial charge in [-0.25, -0.2) is 0 Å². The third-order valence-corrected chi connectivity index (χ3v) is 6.20. The van der Waals surface area contributed by atoms with Crippen LogP contribution in [0.15, 0.2) is 48.5 Å². The summed E-state index contributed by atoms with van der Waals surface area (Å²) < 4.78 is 10.5. The fourth-order valence-electron chi connectivity index (χ4n) is 4.18. The highest BCUT2D eigenvalue weighted by Crippen LogP contribution is 2.24. The molecule has 0 spiro atoms. The summed E-state index contributed by atoms with van der Waals surface area (Å²) >= 11 is 0. The van der Waals surface area contributed by atoms with Gasteiger partial charge in [-0.05, 0) is 61.1 Å². The van der Waals surface area contributed by atoms with Gasteiger partial charge >= 0.3 is 0 Å². The van der Waals surface area contributed by atoms with Gasteiger partial charge in [0.05, 0.1) is 14.2 Å². The highest BCUT2D eigenvalue weighted by Gasteiger charge is 2.34. The van der Waals surface area contributed by atoms with Crippen LogP contribution in [0.1, 0.15) is 47.4 Å². The van der Waals surface area contributed by atoms with Crippen LogP contribution >= 0.6 is 0 Å². The molecule has 1 aliphatic rings. The van der Waals surface area contributed by atoms with Crippen LogP contribution in [0, 0.1) is 11.8 Å². The minimum absolute atomic E-state index is 0.0661. The van der Waals surface area contributed by atoms with E-state index in [-0.39, 0.29) is 29.6 Å². The number of carbonyl (C=O) groups is 3. The number of methoxy groups -OCH3 is 2. The lowest BCUT2D eigenvalue weighted by atomic mass is 9.88. The maximum Gasteiger partial charge on any atom is 0.253 e. The van der Waals surface area contributed by atoms with Crippen LogP contribution in [0.3, 0.4) is 0 Å². The second-order valence-corrected chi connectivity index (χ2v) is 9.18. The molecule has 1 atom stereocenters. The third-order valence-electron chi connectivity index (χ3n) is 6.20. The van der Waals surface area contributed by atoms with Gasteiger partial charge in [0.1, 0.15) is 17.5 Å². The summed E-state index contributed by atoms with van der Waals surface area (Å²) in [5.41, 5.74) is 0.997. The summed E-state index contributed by atoms with van der Waals surface area (Å²) in [4.78, 5) is 40.9. The number of hydrogen-bond donors (Lipinski definition) is 2. The van der Waals surface area contributed by atoms with E-state index >= 15 is 0 Å². The summed E-state index contributed by atoms with van der Waals surface area (Å²) in [6.07, 6.45) is 1.21. The topological polar surface area (TPSA) is 97.0 Å². The average Bonchev–Trinajstić information content (AvgIpc) is 2.89. The standard InChI is InChI=1S/C27H35N3O5/c1-18(2)17-28-26(32)24(29-25(31)20-7-5-9-22(15-20)34-3)19-11-13-30(14-12-19)27(33)21-8-6-10-23(16-21)35-4/h5-10,15-16,18-19,24H,11-14,17H2,1-4H3,(H,28,32)(H,29,31)/t24-/m0/s1. The van der Waals surface area contributed by atoms with Crippen molar-refractivity contribution in [1.29, 1.82) is 0 Å². The minimum Gasteiger partial charge on any atom is -0.497 e. The van der Waals surface area contributed by atoms with Gasteiger partial charge in [-0.3, -0.25) is 14.4 Å². The van der Waals surface area contributed by atoms with Gasteiger partial charge in [-0.2, -0.15) is 0 Å². The van der Waals surface area contributed by atoms with E-state index in [2.05, 4.69) is 10.6 Å². The van der Waals surface area contributed by atoms with Crippen molar-refractivity contribution in [2.24, 2.45) is 11.8 Å². The lowest BCUT2D eigenvalue weighted by Gasteiger charge is -2.36. The van der Waals surface area contributed by atoms with E-state index in [1.807, 2.05) is 13.8 Å². The Morgan fingerprint density at radius 2 is 1.51 bits per heavy atom. The van der Waals surface area contributed by atoms with Gasteiger partial charge in [-0.1, -0.05) is 26.0 Å². The maximum absolute atomic E-state index is 13.1. The van der Waals surface area contributed by atoms with Crippen LogP contribution in [0.25, 0.3) is 0 Å². The van der Waals surface area contributed by atoms with Crippen LogP contribution in [0.2, 0.25) is 0 Å². The van der Waals surface area contributed by atoms with Gasteiger partial charge in [0, 0.05) is 30.8 Å². The first-order chi connectivity index (χ1) is 16.8. The van der Waals surface area contributed by atoms with E-state index in [0.717, 1.165) is 0 Å². The van der Waals surface area contributed by atoms with Crippen molar-refractivity contribution in [2.45, 2.75) is 32.7 Å². The molecule has 3 amide bonds. The highest BCUT2D eigenvalue weighted by molar-refractivity contribution is 5.98. The smallest absolute Gasteiger partial charge is 0.253 e. The number of nitrogens with one attached hydrogen (secondary N) is 2. The van der Waals surface area contributed by atoms with Crippen LogP contribution in [-0.4, -0.2) is 62.5 Å². The molecule has 2 aromatic carbocycles. The third kappa shape index (κ3) is 6.97. The van der Waals surface area contributed by atoms with Crippen molar-refractivity contribution in [1.82, 2.24) is 15.5 Å². The normalized spacial score (nSPS) is 14.8. The van der Waals surface area contributed by atoms with E-state index < -0.39 is 6.04 Å². The van der Waals surface area contributed by atoms with Crippen molar-refractivity contribution < 1.29 is 23.9 Å². The van der Waals surface area contributed by atoms with Crippen molar-refractivity contribution in [3.05, 3.63) is 59.7 Å². The van der Waals surface area contributed by atoms with Gasteiger partial charge in [0.15, 0.2) is 0 Å². The Labute approximate surface area is 207 Å². The second kappa shape index (κ2) is 12.2. The maximum atomic E-state index is 13.1. The molecule has 3 rings (SSSR count). The van der Waals surface area contributed by atoms with Gasteiger partial charge in [0.25, 0.3) is 11.8 Å². The number of hydrogen-bond acceptors (Lipinski definition) is 5. The van der Waals surface area contributed by atoms with E-state index in [1.54, 1.807) is 67.7 Å². The SMILES string of the molecule is COc1cccc(C(=O)N[C@H](C(=O)NCC(C)C)C2CCN(C(=O)c3cccc(OC)c3)CC2)c1. The Bertz CT molecular complexity index is 1030. The molecular weight excluding hydrogens is 446 g/mol. The van der Waals surface area contributed by atoms with Crippen molar-refractivity contribution in [3.8, 4) is 11.5 Å². The monoisotopic (exact) mass is 481 g/mol. The minimum atomic E-state index is -0.693. The molecule has 1 saturated heterocycles. The second-order valence-electron chi connectivity index (χ2n) is 9.18. The molecule has 0 unspecified atom stereocenters. The Balaban J connectivity index is 1.70. The summed E-state index contributed by atoms with van der Waals surface area (Å²) in [5.74, 6) is 0.803. The summed E-state index contributed by atoms with van der Waals surface area (Å²) in [6.45, 7) is 5.57. The number of carbonyl (C=O) groups excluding carboxylic acids is 3. The number of amides is 3. The number of benzene rings is 2. The predicted octanol–water partition coefficient (Wildman–Crippen LogP) is 3.13. The number of likely N-dealkylation sites (tertiary alicyclic amines) is 1. The summed E-state index contributed by atoms with van der Waals surface area (Å²) in [5, 5.41) is 5.90. The molecule has 0 radical (unpaired) electrons. The molecule has 188 valence electrons. The van der Waals surface area contributed by atoms with Gasteiger partial charge in [-0.15, -0.1) is 0 Å². The van der Waals surface area contributed by atoms with Crippen molar-refractivity contribution in [3.63, 3.8) is 0 Å². The quantitative estimate of drug-likeness (QED) is 0.574. The molecule has 0 saturated carbocycles. The van der Waals surface area contributed by atoms with E-state index in [1.165, 1.54) is 0 Å². The highest BCUT2D eigenvalue weighted by atomic mass is 16.5. The van der Waals surface area contributed by atoms with Crippen LogP contribution in [-0.2, 0) is 4.79 Å². The zero-order chi connectivity index (χ0) is 25.4. The van der Waals surface area contributed by atoms with Crippen LogP contribution < -0.4 is 20.1 Å². The summed E-state index contributed by atoms with van der Waals surface area (Å²) in [6, 6.07) is 13.2. The van der Waals surface area contributed by atoms with E-state index in [4.69, 9.17) is 9.47 Å². The average molecular weight is 482 g/mol. The fourth-order valence-corrected chi connectivity index (χ4v) is 4.18. The molecule has 2 N–H and O–H groups in total. The van der Waals surface area contributed by atoms with E-state index in [0.29, 0.717) is 55.1 Å².